The summed E-state index contributed by atoms with van der Waals surface area (Å²) in [5, 5.41) is 15.7. The van der Waals surface area contributed by atoms with E-state index in [2.05, 4.69) is 4.98 Å². The highest BCUT2D eigenvalue weighted by Gasteiger charge is 2.18. The van der Waals surface area contributed by atoms with Crippen LogP contribution in [-0.4, -0.2) is 44.1 Å². The Balaban J connectivity index is 1.58. The second-order valence-corrected chi connectivity index (χ2v) is 7.65. The predicted molar refractivity (Wildman–Crippen MR) is 125 cm³/mol. The SMILES string of the molecule is CN(CCc1ccccn1)C(=O)Cc1cn(-c2ccccc2)nc1-c1ccc([N+](=O)[O-])cc1. The van der Waals surface area contributed by atoms with Crippen LogP contribution >= 0.6 is 0 Å². The molecule has 0 aliphatic carbocycles. The molecule has 0 N–H and O–H groups in total. The van der Waals surface area contributed by atoms with Gasteiger partial charge in [0.2, 0.25) is 5.91 Å². The monoisotopic (exact) mass is 441 g/mol. The molecule has 0 atom stereocenters. The number of likely N-dealkylation sites (N-methyl/N-ethyl adjacent to an activating group) is 1. The van der Waals surface area contributed by atoms with Gasteiger partial charge in [-0.3, -0.25) is 19.9 Å². The lowest BCUT2D eigenvalue weighted by atomic mass is 10.1. The molecule has 0 aliphatic heterocycles. The highest BCUT2D eigenvalue weighted by molar-refractivity contribution is 5.81. The van der Waals surface area contributed by atoms with Crippen LogP contribution in [0, 0.1) is 10.1 Å². The Bertz CT molecular complexity index is 1240. The number of nitrogens with zero attached hydrogens (tertiary/aromatic N) is 5. The molecule has 0 bridgehead atoms. The van der Waals surface area contributed by atoms with Crippen molar-refractivity contribution in [1.29, 1.82) is 0 Å². The van der Waals surface area contributed by atoms with Gasteiger partial charge in [0.05, 0.1) is 22.7 Å². The largest absolute Gasteiger partial charge is 0.345 e. The molecule has 2 heterocycles. The van der Waals surface area contributed by atoms with E-state index in [-0.39, 0.29) is 18.0 Å². The van der Waals surface area contributed by atoms with E-state index in [0.29, 0.717) is 24.2 Å². The number of aromatic nitrogens is 3. The van der Waals surface area contributed by atoms with Crippen LogP contribution in [-0.2, 0) is 17.6 Å². The minimum atomic E-state index is -0.437. The van der Waals surface area contributed by atoms with Crippen LogP contribution in [0.4, 0.5) is 5.69 Å². The van der Waals surface area contributed by atoms with Gasteiger partial charge in [0.1, 0.15) is 0 Å². The third-order valence-corrected chi connectivity index (χ3v) is 5.36. The van der Waals surface area contributed by atoms with E-state index in [4.69, 9.17) is 5.10 Å². The van der Waals surface area contributed by atoms with Crippen LogP contribution < -0.4 is 0 Å². The lowest BCUT2D eigenvalue weighted by Gasteiger charge is -2.17. The van der Waals surface area contributed by atoms with E-state index < -0.39 is 4.92 Å². The first kappa shape index (κ1) is 21.9. The molecule has 0 radical (unpaired) electrons. The van der Waals surface area contributed by atoms with Crippen molar-refractivity contribution in [3.8, 4) is 16.9 Å². The number of hydrogen-bond acceptors (Lipinski definition) is 5. The first-order valence-electron chi connectivity index (χ1n) is 10.5. The van der Waals surface area contributed by atoms with Gasteiger partial charge in [-0.2, -0.15) is 5.10 Å². The summed E-state index contributed by atoms with van der Waals surface area (Å²) in [6.45, 7) is 0.551. The smallest absolute Gasteiger partial charge is 0.269 e. The van der Waals surface area contributed by atoms with E-state index in [1.807, 2.05) is 54.7 Å². The van der Waals surface area contributed by atoms with E-state index in [1.165, 1.54) is 12.1 Å². The molecule has 2 aromatic carbocycles. The van der Waals surface area contributed by atoms with Gasteiger partial charge in [0, 0.05) is 61.4 Å². The highest BCUT2D eigenvalue weighted by atomic mass is 16.6. The van der Waals surface area contributed by atoms with Crippen molar-refractivity contribution in [2.24, 2.45) is 0 Å². The van der Waals surface area contributed by atoms with Gasteiger partial charge >= 0.3 is 0 Å². The molecule has 0 unspecified atom stereocenters. The number of carbonyl (C=O) groups excluding carboxylic acids is 1. The van der Waals surface area contributed by atoms with Crippen LogP contribution in [0.3, 0.4) is 0 Å². The summed E-state index contributed by atoms with van der Waals surface area (Å²) in [6.07, 6.45) is 4.42. The van der Waals surface area contributed by atoms with Gasteiger partial charge in [-0.1, -0.05) is 24.3 Å². The molecule has 0 spiro atoms. The maximum atomic E-state index is 13.0. The Morgan fingerprint density at radius 2 is 1.76 bits per heavy atom. The number of nitro benzene ring substituents is 1. The summed E-state index contributed by atoms with van der Waals surface area (Å²) >= 11 is 0. The maximum Gasteiger partial charge on any atom is 0.269 e. The number of non-ortho nitro benzene ring substituents is 1. The molecule has 0 aliphatic rings. The molecule has 0 saturated heterocycles. The van der Waals surface area contributed by atoms with Gasteiger partial charge in [-0.25, -0.2) is 4.68 Å². The second-order valence-electron chi connectivity index (χ2n) is 7.65. The molecule has 4 aromatic rings. The Morgan fingerprint density at radius 3 is 2.42 bits per heavy atom. The van der Waals surface area contributed by atoms with E-state index >= 15 is 0 Å². The fourth-order valence-corrected chi connectivity index (χ4v) is 3.49. The fraction of sp³-hybridized carbons (Fsp3) is 0.160. The summed E-state index contributed by atoms with van der Waals surface area (Å²) < 4.78 is 1.73. The lowest BCUT2D eigenvalue weighted by Crippen LogP contribution is -2.30. The minimum Gasteiger partial charge on any atom is -0.345 e. The summed E-state index contributed by atoms with van der Waals surface area (Å²) in [7, 11) is 1.78. The fourth-order valence-electron chi connectivity index (χ4n) is 3.49. The van der Waals surface area contributed by atoms with Gasteiger partial charge < -0.3 is 4.90 Å². The van der Waals surface area contributed by atoms with E-state index in [1.54, 1.807) is 35.0 Å². The number of hydrogen-bond donors (Lipinski definition) is 0. The van der Waals surface area contributed by atoms with Crippen molar-refractivity contribution in [1.82, 2.24) is 19.7 Å². The third-order valence-electron chi connectivity index (χ3n) is 5.36. The minimum absolute atomic E-state index is 0.00752. The first-order chi connectivity index (χ1) is 16.0. The summed E-state index contributed by atoms with van der Waals surface area (Å²) in [5.74, 6) is -0.0401. The number of amides is 1. The number of para-hydroxylation sites is 1. The van der Waals surface area contributed by atoms with Gasteiger partial charge in [-0.15, -0.1) is 0 Å². The number of carbonyl (C=O) groups is 1. The molecule has 166 valence electrons. The molecule has 2 aromatic heterocycles. The molecule has 4 rings (SSSR count). The molecule has 1 amide bonds. The van der Waals surface area contributed by atoms with Crippen molar-refractivity contribution in [2.75, 3.05) is 13.6 Å². The number of nitro groups is 1. The molecule has 0 fully saturated rings. The first-order valence-corrected chi connectivity index (χ1v) is 10.5. The van der Waals surface area contributed by atoms with Crippen molar-refractivity contribution < 1.29 is 9.72 Å². The summed E-state index contributed by atoms with van der Waals surface area (Å²) in [5.41, 5.74) is 3.90. The summed E-state index contributed by atoms with van der Waals surface area (Å²) in [6, 6.07) is 21.6. The molecule has 33 heavy (non-hydrogen) atoms. The van der Waals surface area contributed by atoms with E-state index in [9.17, 15) is 14.9 Å². The average Bonchev–Trinajstić information content (AvgIpc) is 3.27. The molecule has 8 heteroatoms. The second kappa shape index (κ2) is 9.86. The average molecular weight is 441 g/mol. The summed E-state index contributed by atoms with van der Waals surface area (Å²) in [4.78, 5) is 29.6. The van der Waals surface area contributed by atoms with Crippen LogP contribution in [0.2, 0.25) is 0 Å². The van der Waals surface area contributed by atoms with Crippen molar-refractivity contribution >= 4 is 11.6 Å². The topological polar surface area (TPSA) is 94.2 Å². The molecule has 8 nitrogen and oxygen atoms in total. The lowest BCUT2D eigenvalue weighted by molar-refractivity contribution is -0.384. The number of rotatable bonds is 8. The van der Waals surface area contributed by atoms with Crippen molar-refractivity contribution in [2.45, 2.75) is 12.8 Å². The van der Waals surface area contributed by atoms with Crippen LogP contribution in [0.5, 0.6) is 0 Å². The van der Waals surface area contributed by atoms with Crippen molar-refractivity contribution in [3.05, 3.63) is 107 Å². The maximum absolute atomic E-state index is 13.0. The van der Waals surface area contributed by atoms with Gasteiger partial charge in [-0.05, 0) is 36.4 Å². The Morgan fingerprint density at radius 1 is 1.03 bits per heavy atom. The Kier molecular flexibility index (Phi) is 6.54. The van der Waals surface area contributed by atoms with E-state index in [0.717, 1.165) is 16.9 Å². The third kappa shape index (κ3) is 5.30. The zero-order valence-corrected chi connectivity index (χ0v) is 18.2. The predicted octanol–water partition coefficient (Wildman–Crippen LogP) is 4.09. The van der Waals surface area contributed by atoms with Crippen molar-refractivity contribution in [3.63, 3.8) is 0 Å². The highest BCUT2D eigenvalue weighted by Crippen LogP contribution is 2.26. The zero-order chi connectivity index (χ0) is 23.2. The number of benzene rings is 2. The Labute approximate surface area is 191 Å². The van der Waals surface area contributed by atoms with Gasteiger partial charge in [0.15, 0.2) is 0 Å². The van der Waals surface area contributed by atoms with Crippen LogP contribution in [0.15, 0.2) is 85.2 Å². The van der Waals surface area contributed by atoms with Crippen LogP contribution in [0.25, 0.3) is 16.9 Å². The standard InChI is InChI=1S/C25H23N5O3/c1-28(16-14-21-7-5-6-15-26-21)24(31)17-20-18-29(22-8-3-2-4-9-22)27-25(20)19-10-12-23(13-11-19)30(32)33/h2-13,15,18H,14,16-17H2,1H3. The van der Waals surface area contributed by atoms with Gasteiger partial charge in [0.25, 0.3) is 5.69 Å². The Hall–Kier alpha value is -4.33. The normalized spacial score (nSPS) is 10.7. The zero-order valence-electron chi connectivity index (χ0n) is 18.2. The molecular formula is C25H23N5O3. The molecular weight excluding hydrogens is 418 g/mol. The number of pyridine rings is 1. The quantitative estimate of drug-likeness (QED) is 0.303. The molecule has 0 saturated carbocycles. The van der Waals surface area contributed by atoms with Crippen LogP contribution in [0.1, 0.15) is 11.3 Å².